The number of primary amides is 1. The van der Waals surface area contributed by atoms with Crippen LogP contribution in [-0.4, -0.2) is 70.6 Å². The molecule has 0 saturated carbocycles. The zero-order valence-electron chi connectivity index (χ0n) is 24.0. The highest BCUT2D eigenvalue weighted by molar-refractivity contribution is 5.94. The van der Waals surface area contributed by atoms with Crippen molar-refractivity contribution in [2.45, 2.75) is 91.0 Å². The van der Waals surface area contributed by atoms with E-state index in [1.54, 1.807) is 60.6 Å². The van der Waals surface area contributed by atoms with Gasteiger partial charge in [-0.05, 0) is 59.9 Å². The lowest BCUT2D eigenvalue weighted by Crippen LogP contribution is -2.59. The van der Waals surface area contributed by atoms with Gasteiger partial charge in [0, 0.05) is 17.5 Å². The average molecular weight is 551 g/mol. The van der Waals surface area contributed by atoms with Gasteiger partial charge in [0.05, 0.1) is 7.11 Å². The highest BCUT2D eigenvalue weighted by Gasteiger charge is 2.44. The van der Waals surface area contributed by atoms with Crippen molar-refractivity contribution in [2.75, 3.05) is 13.7 Å². The molecule has 0 fully saturated rings. The Hall–Kier alpha value is -3.83. The summed E-state index contributed by atoms with van der Waals surface area (Å²) in [6, 6.07) is 2.03. The number of nitrogens with one attached hydrogen (secondary N) is 2. The molecule has 1 aromatic carbocycles. The molecule has 39 heavy (non-hydrogen) atoms. The molecule has 1 aromatic rings. The molecule has 0 aliphatic heterocycles. The molecule has 5 N–H and O–H groups in total. The number of hydrogen-bond donors (Lipinski definition) is 4. The Balaban J connectivity index is 3.73. The van der Waals surface area contributed by atoms with Crippen molar-refractivity contribution >= 4 is 29.8 Å². The number of benzene rings is 1. The number of esters is 1. The molecule has 4 amide bonds. The Kier molecular flexibility index (Phi) is 11.8. The second-order valence-corrected chi connectivity index (χ2v) is 10.8. The van der Waals surface area contributed by atoms with Crippen molar-refractivity contribution < 1.29 is 38.6 Å². The van der Waals surface area contributed by atoms with Crippen molar-refractivity contribution in [2.24, 2.45) is 5.73 Å². The molecule has 0 bridgehead atoms. The molecule has 2 unspecified atom stereocenters. The van der Waals surface area contributed by atoms with Gasteiger partial charge in [0.2, 0.25) is 17.7 Å². The van der Waals surface area contributed by atoms with E-state index >= 15 is 0 Å². The first-order valence-corrected chi connectivity index (χ1v) is 12.7. The number of aryl methyl sites for hydroxylation is 1. The largest absolute Gasteiger partial charge is 0.507 e. The van der Waals surface area contributed by atoms with Crippen LogP contribution in [0.1, 0.15) is 78.0 Å². The van der Waals surface area contributed by atoms with Crippen molar-refractivity contribution in [1.29, 1.82) is 0 Å². The number of alkyl carbamates (subject to hydrolysis) is 1. The number of nitrogens with zero attached hydrogens (tertiary/aromatic N) is 1. The number of hydrogen-bond acceptors (Lipinski definition) is 8. The number of nitrogens with two attached hydrogens (primary N) is 1. The number of para-hydroxylation sites is 1. The van der Waals surface area contributed by atoms with Crippen LogP contribution in [0.5, 0.6) is 5.75 Å². The molecule has 1 rings (SSSR count). The van der Waals surface area contributed by atoms with E-state index in [2.05, 4.69) is 15.4 Å². The number of phenols is 1. The Morgan fingerprint density at radius 3 is 2.23 bits per heavy atom. The zero-order valence-corrected chi connectivity index (χ0v) is 24.0. The van der Waals surface area contributed by atoms with E-state index in [1.165, 1.54) is 18.1 Å². The van der Waals surface area contributed by atoms with Gasteiger partial charge in [0.1, 0.15) is 30.0 Å². The summed E-state index contributed by atoms with van der Waals surface area (Å²) in [7, 11) is 1.17. The van der Waals surface area contributed by atoms with Crippen LogP contribution in [0.15, 0.2) is 18.2 Å². The number of carbonyl (C=O) groups excluding carboxylic acids is 5. The summed E-state index contributed by atoms with van der Waals surface area (Å²) in [6.07, 6.45) is -0.938. The third-order valence-electron chi connectivity index (χ3n) is 6.13. The molecule has 0 aliphatic rings. The van der Waals surface area contributed by atoms with Gasteiger partial charge in [-0.25, -0.2) is 4.79 Å². The summed E-state index contributed by atoms with van der Waals surface area (Å²) in [5, 5.41) is 15.9. The molecule has 0 aliphatic carbocycles. The van der Waals surface area contributed by atoms with Crippen LogP contribution in [0.2, 0.25) is 0 Å². The van der Waals surface area contributed by atoms with Crippen molar-refractivity contribution in [3.8, 4) is 5.75 Å². The first-order valence-electron chi connectivity index (χ1n) is 12.7. The lowest BCUT2D eigenvalue weighted by molar-refractivity contribution is -0.150. The highest BCUT2D eigenvalue weighted by atomic mass is 16.6. The quantitative estimate of drug-likeness (QED) is 0.286. The lowest BCUT2D eigenvalue weighted by Gasteiger charge is -2.44. The minimum absolute atomic E-state index is 0.109. The topological polar surface area (TPSA) is 177 Å². The smallest absolute Gasteiger partial charge is 0.408 e. The molecular formula is C27H42N4O8. The fourth-order valence-corrected chi connectivity index (χ4v) is 3.74. The Morgan fingerprint density at radius 2 is 1.72 bits per heavy atom. The maximum Gasteiger partial charge on any atom is 0.408 e. The molecule has 0 heterocycles. The first kappa shape index (κ1) is 33.2. The van der Waals surface area contributed by atoms with Crippen molar-refractivity contribution in [3.05, 3.63) is 29.3 Å². The molecule has 0 saturated heterocycles. The van der Waals surface area contributed by atoms with E-state index in [1.807, 2.05) is 0 Å². The number of rotatable bonds is 12. The normalized spacial score (nSPS) is 13.0. The van der Waals surface area contributed by atoms with Gasteiger partial charge in [-0.15, -0.1) is 0 Å². The monoisotopic (exact) mass is 550 g/mol. The highest BCUT2D eigenvalue weighted by Crippen LogP contribution is 2.37. The maximum absolute atomic E-state index is 14.2. The summed E-state index contributed by atoms with van der Waals surface area (Å²) in [6.45, 7) is 11.4. The van der Waals surface area contributed by atoms with E-state index in [0.29, 0.717) is 12.0 Å². The number of methoxy groups -OCH3 is 1. The Bertz CT molecular complexity index is 1060. The van der Waals surface area contributed by atoms with E-state index in [-0.39, 0.29) is 24.2 Å². The first-order chi connectivity index (χ1) is 17.9. The van der Waals surface area contributed by atoms with Gasteiger partial charge >= 0.3 is 12.1 Å². The third kappa shape index (κ3) is 9.77. The van der Waals surface area contributed by atoms with Crippen LogP contribution in [0.3, 0.4) is 0 Å². The molecule has 12 nitrogen and oxygen atoms in total. The number of ether oxygens (including phenoxy) is 2. The molecule has 12 heteroatoms. The summed E-state index contributed by atoms with van der Waals surface area (Å²) in [4.78, 5) is 65.1. The zero-order chi connectivity index (χ0) is 30.1. The van der Waals surface area contributed by atoms with Gasteiger partial charge in [-0.2, -0.15) is 0 Å². The van der Waals surface area contributed by atoms with E-state index < -0.39 is 59.6 Å². The number of phenolic OH excluding ortho intramolecular Hbond substituents is 1. The van der Waals surface area contributed by atoms with Crippen LogP contribution in [0.4, 0.5) is 4.79 Å². The lowest BCUT2D eigenvalue weighted by atomic mass is 9.90. The summed E-state index contributed by atoms with van der Waals surface area (Å²) in [5.74, 6) is -3.10. The Morgan fingerprint density at radius 1 is 1.10 bits per heavy atom. The number of carbonyl (C=O) groups is 5. The van der Waals surface area contributed by atoms with E-state index in [0.717, 1.165) is 0 Å². The van der Waals surface area contributed by atoms with Gasteiger partial charge in [-0.3, -0.25) is 19.2 Å². The second-order valence-electron chi connectivity index (χ2n) is 10.8. The fraction of sp³-hybridized carbons (Fsp3) is 0.593. The van der Waals surface area contributed by atoms with Crippen LogP contribution in [0, 0.1) is 6.92 Å². The minimum Gasteiger partial charge on any atom is -0.507 e. The second kappa shape index (κ2) is 13.8. The van der Waals surface area contributed by atoms with Gasteiger partial charge in [0.25, 0.3) is 0 Å². The van der Waals surface area contributed by atoms with Crippen LogP contribution < -0.4 is 16.4 Å². The molecule has 0 radical (unpaired) electrons. The fourth-order valence-electron chi connectivity index (χ4n) is 3.74. The Labute approximate surface area is 229 Å². The predicted octanol–water partition coefficient (Wildman–Crippen LogP) is 2.21. The standard InChI is InChI=1S/C27H42N4O8/c1-9-27(6,7)31(24(36)18(13-14-19(28)32)30-25(37)39-26(3,4)5)21(23(35)29-15-20(33)38-8)17-12-10-11-16(2)22(17)34/h10-12,18,21,34H,9,13-15H2,1-8H3,(H2,28,32)(H,29,35)(H,30,37). The molecule has 218 valence electrons. The third-order valence-corrected chi connectivity index (χ3v) is 6.13. The maximum atomic E-state index is 14.2. The molecule has 2 atom stereocenters. The number of aromatic hydroxyl groups is 1. The summed E-state index contributed by atoms with van der Waals surface area (Å²) >= 11 is 0. The van der Waals surface area contributed by atoms with Gasteiger partial charge in [-0.1, -0.05) is 25.1 Å². The van der Waals surface area contributed by atoms with Crippen LogP contribution >= 0.6 is 0 Å². The number of amides is 4. The average Bonchev–Trinajstić information content (AvgIpc) is 2.83. The van der Waals surface area contributed by atoms with Crippen molar-refractivity contribution in [3.63, 3.8) is 0 Å². The molecule has 0 spiro atoms. The van der Waals surface area contributed by atoms with Gasteiger partial charge < -0.3 is 35.8 Å². The van der Waals surface area contributed by atoms with Gasteiger partial charge in [0.15, 0.2) is 0 Å². The van der Waals surface area contributed by atoms with Crippen LogP contribution in [-0.2, 0) is 28.7 Å². The van der Waals surface area contributed by atoms with E-state index in [9.17, 15) is 29.1 Å². The van der Waals surface area contributed by atoms with E-state index in [4.69, 9.17) is 10.5 Å². The SMILES string of the molecule is CCC(C)(C)N(C(=O)C(CCC(N)=O)NC(=O)OC(C)(C)C)C(C(=O)NCC(=O)OC)c1cccc(C)c1O. The summed E-state index contributed by atoms with van der Waals surface area (Å²) < 4.78 is 9.93. The summed E-state index contributed by atoms with van der Waals surface area (Å²) in [5.41, 5.74) is 4.01. The van der Waals surface area contributed by atoms with Crippen molar-refractivity contribution in [1.82, 2.24) is 15.5 Å². The minimum atomic E-state index is -1.42. The predicted molar refractivity (Wildman–Crippen MR) is 143 cm³/mol. The molecular weight excluding hydrogens is 508 g/mol. The molecule has 0 aromatic heterocycles. The van der Waals surface area contributed by atoms with Crippen LogP contribution in [0.25, 0.3) is 0 Å².